The third-order valence-electron chi connectivity index (χ3n) is 2.32. The second-order valence-electron chi connectivity index (χ2n) is 3.44. The van der Waals surface area contributed by atoms with Crippen LogP contribution in [0, 0.1) is 0 Å². The van der Waals surface area contributed by atoms with Crippen molar-refractivity contribution >= 4 is 48.8 Å². The Balaban J connectivity index is 2.13. The van der Waals surface area contributed by atoms with Gasteiger partial charge in [-0.05, 0) is 30.3 Å². The second-order valence-corrected chi connectivity index (χ2v) is 6.57. The molecule has 1 heterocycles. The Morgan fingerprint density at radius 3 is 2.56 bits per heavy atom. The minimum absolute atomic E-state index is 1.01. The normalized spacial score (nSPS) is 13.1. The summed E-state index contributed by atoms with van der Waals surface area (Å²) in [7, 11) is 0. The lowest BCUT2D eigenvalue weighted by Gasteiger charge is -2.19. The molecule has 3 rings (SSSR count). The highest BCUT2D eigenvalue weighted by atomic mass is 32.2. The van der Waals surface area contributed by atoms with E-state index >= 15 is 0 Å². The van der Waals surface area contributed by atoms with E-state index < -0.39 is 0 Å². The Labute approximate surface area is 114 Å². The van der Waals surface area contributed by atoms with E-state index in [2.05, 4.69) is 43.5 Å². The molecule has 0 unspecified atom stereocenters. The van der Waals surface area contributed by atoms with Crippen LogP contribution in [0.15, 0.2) is 65.8 Å². The second kappa shape index (κ2) is 4.26. The van der Waals surface area contributed by atoms with Gasteiger partial charge < -0.3 is 0 Å². The number of hydrogen-bond acceptors (Lipinski definition) is 4. The molecular weight excluding hydrogens is 272 g/mol. The van der Waals surface area contributed by atoms with Crippen LogP contribution >= 0.6 is 48.8 Å². The summed E-state index contributed by atoms with van der Waals surface area (Å²) >= 11 is 12.5. The van der Waals surface area contributed by atoms with Crippen molar-refractivity contribution in [2.75, 3.05) is 0 Å². The molecule has 0 radical (unpaired) electrons. The summed E-state index contributed by atoms with van der Waals surface area (Å²) in [6.45, 7) is 0. The van der Waals surface area contributed by atoms with E-state index in [9.17, 15) is 0 Å². The van der Waals surface area contributed by atoms with Crippen LogP contribution in [0.3, 0.4) is 0 Å². The molecule has 1 aliphatic rings. The van der Waals surface area contributed by atoms with E-state index in [1.807, 2.05) is 18.2 Å². The van der Waals surface area contributed by atoms with Crippen molar-refractivity contribution in [3.8, 4) is 0 Å². The molecule has 80 valence electrons. The smallest absolute Gasteiger partial charge is 0.0395 e. The molecule has 0 spiro atoms. The number of hydrogen-bond donors (Lipinski definition) is 2. The number of rotatable bonds is 0. The number of benzene rings is 2. The molecule has 2 aromatic rings. The average molecular weight is 280 g/mol. The number of thiol groups is 2. The highest BCUT2D eigenvalue weighted by Gasteiger charge is 2.18. The average Bonchev–Trinajstić information content (AvgIpc) is 2.28. The van der Waals surface area contributed by atoms with Crippen molar-refractivity contribution in [3.63, 3.8) is 0 Å². The van der Waals surface area contributed by atoms with Gasteiger partial charge in [0.1, 0.15) is 0 Å². The first-order valence-electron chi connectivity index (χ1n) is 4.75. The van der Waals surface area contributed by atoms with E-state index in [0.29, 0.717) is 0 Å². The molecule has 0 fully saturated rings. The first kappa shape index (κ1) is 11.0. The SMILES string of the molecule is Sc1ccc2c(c1)Sc1c(S)cccc1S2. The van der Waals surface area contributed by atoms with Crippen LogP contribution in [0.1, 0.15) is 0 Å². The van der Waals surface area contributed by atoms with Gasteiger partial charge in [0.05, 0.1) is 0 Å². The molecule has 0 bridgehead atoms. The van der Waals surface area contributed by atoms with Gasteiger partial charge in [-0.15, -0.1) is 25.3 Å². The Kier molecular flexibility index (Phi) is 2.92. The van der Waals surface area contributed by atoms with Crippen molar-refractivity contribution in [1.29, 1.82) is 0 Å². The van der Waals surface area contributed by atoms with Crippen LogP contribution < -0.4 is 0 Å². The van der Waals surface area contributed by atoms with Crippen molar-refractivity contribution < 1.29 is 0 Å². The fourth-order valence-corrected chi connectivity index (χ4v) is 4.58. The summed E-state index contributed by atoms with van der Waals surface area (Å²) < 4.78 is 0. The maximum Gasteiger partial charge on any atom is 0.0395 e. The zero-order valence-corrected chi connectivity index (χ0v) is 11.6. The topological polar surface area (TPSA) is 0 Å². The third-order valence-corrected chi connectivity index (χ3v) is 5.72. The van der Waals surface area contributed by atoms with Gasteiger partial charge in [0, 0.05) is 29.4 Å². The number of fused-ring (bicyclic) bond motifs is 2. The van der Waals surface area contributed by atoms with Gasteiger partial charge in [0.25, 0.3) is 0 Å². The molecular formula is C12H8S4. The zero-order chi connectivity index (χ0) is 11.1. The van der Waals surface area contributed by atoms with Gasteiger partial charge in [0.15, 0.2) is 0 Å². The lowest BCUT2D eigenvalue weighted by atomic mass is 10.3. The maximum atomic E-state index is 4.50. The summed E-state index contributed by atoms with van der Waals surface area (Å²) in [6, 6.07) is 12.5. The van der Waals surface area contributed by atoms with Crippen LogP contribution in [-0.2, 0) is 0 Å². The van der Waals surface area contributed by atoms with Gasteiger partial charge in [0.2, 0.25) is 0 Å². The first-order chi connectivity index (χ1) is 7.74. The maximum absolute atomic E-state index is 4.50. The monoisotopic (exact) mass is 280 g/mol. The van der Waals surface area contributed by atoms with Gasteiger partial charge in [-0.1, -0.05) is 29.6 Å². The van der Waals surface area contributed by atoms with E-state index in [1.54, 1.807) is 23.5 Å². The third kappa shape index (κ3) is 1.88. The predicted octanol–water partition coefficient (Wildman–Crippen LogP) is 4.88. The zero-order valence-electron chi connectivity index (χ0n) is 8.18. The summed E-state index contributed by atoms with van der Waals surface area (Å²) in [5.74, 6) is 0. The highest BCUT2D eigenvalue weighted by Crippen LogP contribution is 2.50. The fraction of sp³-hybridized carbons (Fsp3) is 0. The lowest BCUT2D eigenvalue weighted by molar-refractivity contribution is 1.07. The molecule has 1 aliphatic heterocycles. The van der Waals surface area contributed by atoms with E-state index in [0.717, 1.165) is 9.79 Å². The van der Waals surface area contributed by atoms with Crippen LogP contribution in [0.25, 0.3) is 0 Å². The van der Waals surface area contributed by atoms with Gasteiger partial charge in [-0.2, -0.15) is 0 Å². The Morgan fingerprint density at radius 2 is 1.69 bits per heavy atom. The van der Waals surface area contributed by atoms with Crippen molar-refractivity contribution in [3.05, 3.63) is 36.4 Å². The molecule has 16 heavy (non-hydrogen) atoms. The summed E-state index contributed by atoms with van der Waals surface area (Å²) in [5.41, 5.74) is 0. The van der Waals surface area contributed by atoms with E-state index in [-0.39, 0.29) is 0 Å². The first-order valence-corrected chi connectivity index (χ1v) is 7.27. The van der Waals surface area contributed by atoms with Gasteiger partial charge in [-0.3, -0.25) is 0 Å². The van der Waals surface area contributed by atoms with Gasteiger partial charge in [-0.25, -0.2) is 0 Å². The van der Waals surface area contributed by atoms with Crippen molar-refractivity contribution in [1.82, 2.24) is 0 Å². The Hall–Kier alpha value is -0.160. The summed E-state index contributed by atoms with van der Waals surface area (Å²) in [6.07, 6.45) is 0. The molecule has 0 N–H and O–H groups in total. The Morgan fingerprint density at radius 1 is 0.812 bits per heavy atom. The van der Waals surface area contributed by atoms with Gasteiger partial charge >= 0.3 is 0 Å². The highest BCUT2D eigenvalue weighted by molar-refractivity contribution is 8.05. The lowest BCUT2D eigenvalue weighted by Crippen LogP contribution is -1.90. The molecule has 0 aliphatic carbocycles. The van der Waals surface area contributed by atoms with Crippen molar-refractivity contribution in [2.45, 2.75) is 29.4 Å². The molecule has 0 atom stereocenters. The summed E-state index contributed by atoms with van der Waals surface area (Å²) in [5, 5.41) is 0. The molecule has 4 heteroatoms. The quantitative estimate of drug-likeness (QED) is 0.563. The summed E-state index contributed by atoms with van der Waals surface area (Å²) in [4.78, 5) is 7.16. The van der Waals surface area contributed by atoms with Crippen LogP contribution in [-0.4, -0.2) is 0 Å². The molecule has 0 aromatic heterocycles. The molecule has 2 aromatic carbocycles. The Bertz CT molecular complexity index is 563. The minimum atomic E-state index is 1.01. The van der Waals surface area contributed by atoms with E-state index in [1.165, 1.54) is 19.6 Å². The van der Waals surface area contributed by atoms with Crippen LogP contribution in [0.5, 0.6) is 0 Å². The van der Waals surface area contributed by atoms with Crippen molar-refractivity contribution in [2.24, 2.45) is 0 Å². The predicted molar refractivity (Wildman–Crippen MR) is 75.6 cm³/mol. The standard InChI is InChI=1S/C12H8S4/c13-7-4-5-9-11(6-7)16-12-8(14)2-1-3-10(12)15-9/h1-6,13-14H. The van der Waals surface area contributed by atoms with Crippen LogP contribution in [0.2, 0.25) is 0 Å². The largest absolute Gasteiger partial charge is 0.143 e. The molecule has 0 saturated carbocycles. The molecule has 0 saturated heterocycles. The van der Waals surface area contributed by atoms with E-state index in [4.69, 9.17) is 0 Å². The minimum Gasteiger partial charge on any atom is -0.143 e. The van der Waals surface area contributed by atoms with Crippen LogP contribution in [0.4, 0.5) is 0 Å². The fourth-order valence-electron chi connectivity index (χ4n) is 1.58. The molecule has 0 nitrogen and oxygen atoms in total. The molecule has 0 amide bonds.